The normalized spacial score (nSPS) is 17.4. The number of fused-ring (bicyclic) bond motifs is 3. The van der Waals surface area contributed by atoms with E-state index in [1.165, 1.54) is 0 Å². The molecule has 0 spiro atoms. The van der Waals surface area contributed by atoms with Crippen LogP contribution in [0.15, 0.2) is 64.9 Å². The first kappa shape index (κ1) is 29.1. The molecule has 40 heavy (non-hydrogen) atoms. The first-order chi connectivity index (χ1) is 19.0. The number of allylic oxidation sites excluding steroid dienone is 2. The highest BCUT2D eigenvalue weighted by atomic mass is 16.5. The van der Waals surface area contributed by atoms with Crippen LogP contribution >= 0.6 is 0 Å². The van der Waals surface area contributed by atoms with Gasteiger partial charge in [0.05, 0.1) is 11.3 Å². The van der Waals surface area contributed by atoms with Crippen molar-refractivity contribution in [3.63, 3.8) is 0 Å². The number of ether oxygens (including phenoxy) is 1. The van der Waals surface area contributed by atoms with E-state index in [1.54, 1.807) is 0 Å². The molecule has 0 aliphatic heterocycles. The number of carbonyl (C=O) groups is 3. The van der Waals surface area contributed by atoms with Gasteiger partial charge in [0.2, 0.25) is 0 Å². The van der Waals surface area contributed by atoms with E-state index in [-0.39, 0.29) is 60.4 Å². The number of Topliss-reactive ketones (excluding diaryl/α,β-unsaturated/α-hetero) is 1. The molecule has 0 heterocycles. The molecule has 0 aromatic heterocycles. The number of amides is 1. The Morgan fingerprint density at radius 1 is 1.05 bits per heavy atom. The number of alkyl carbamates (subject to hydrolysis) is 1. The Balaban J connectivity index is 1.40. The average Bonchev–Trinajstić information content (AvgIpc) is 3.19. The third kappa shape index (κ3) is 6.61. The number of aliphatic carboxylic acids is 1. The van der Waals surface area contributed by atoms with Crippen LogP contribution in [0.1, 0.15) is 70.4 Å². The number of carboxylic acid groups (broad SMARTS) is 1. The molecule has 4 rings (SSSR count). The molecule has 0 bridgehead atoms. The molecule has 1 atom stereocenters. The molecule has 1 amide bonds. The maximum atomic E-state index is 12.9. The number of aliphatic hydroxyl groups excluding tert-OH is 1. The molecule has 2 aromatic rings. The molecule has 8 heteroatoms. The van der Waals surface area contributed by atoms with Crippen LogP contribution < -0.4 is 5.32 Å². The van der Waals surface area contributed by atoms with E-state index >= 15 is 0 Å². The minimum Gasteiger partial charge on any atom is -0.511 e. The van der Waals surface area contributed by atoms with Crippen LogP contribution in [0.3, 0.4) is 0 Å². The molecular weight excluding hydrogens is 508 g/mol. The molecule has 2 aliphatic carbocycles. The third-order valence-electron chi connectivity index (χ3n) is 7.37. The fraction of sp³-hybridized carbons (Fsp3) is 0.438. The van der Waals surface area contributed by atoms with Crippen molar-refractivity contribution in [2.45, 2.75) is 65.3 Å². The minimum absolute atomic E-state index is 0.00878. The summed E-state index contributed by atoms with van der Waals surface area (Å²) in [6.45, 7) is 7.89. The van der Waals surface area contributed by atoms with Crippen molar-refractivity contribution in [2.75, 3.05) is 13.2 Å². The second-order valence-corrected chi connectivity index (χ2v) is 11.8. The summed E-state index contributed by atoms with van der Waals surface area (Å²) in [4.78, 5) is 41.9. The summed E-state index contributed by atoms with van der Waals surface area (Å²) in [5.41, 5.74) is 4.55. The number of ketones is 1. The molecule has 0 saturated heterocycles. The van der Waals surface area contributed by atoms with Gasteiger partial charge in [0.25, 0.3) is 0 Å². The van der Waals surface area contributed by atoms with Crippen LogP contribution in [-0.4, -0.2) is 53.0 Å². The van der Waals surface area contributed by atoms with Gasteiger partial charge in [-0.2, -0.15) is 0 Å². The number of hydrogen-bond donors (Lipinski definition) is 3. The second kappa shape index (κ2) is 12.1. The highest BCUT2D eigenvalue weighted by Gasteiger charge is 2.36. The number of hydrogen-bond acceptors (Lipinski definition) is 6. The van der Waals surface area contributed by atoms with Gasteiger partial charge in [-0.3, -0.25) is 9.79 Å². The average molecular weight is 547 g/mol. The largest absolute Gasteiger partial charge is 0.511 e. The van der Waals surface area contributed by atoms with Crippen LogP contribution in [0.25, 0.3) is 11.1 Å². The lowest BCUT2D eigenvalue weighted by atomic mass is 9.75. The van der Waals surface area contributed by atoms with E-state index in [9.17, 15) is 24.6 Å². The second-order valence-electron chi connectivity index (χ2n) is 11.8. The predicted octanol–water partition coefficient (Wildman–Crippen LogP) is 6.06. The smallest absolute Gasteiger partial charge is 0.407 e. The molecule has 8 nitrogen and oxygen atoms in total. The minimum atomic E-state index is -1.19. The van der Waals surface area contributed by atoms with E-state index in [2.05, 4.69) is 22.4 Å². The number of aliphatic hydroxyl groups is 1. The molecule has 212 valence electrons. The zero-order valence-electron chi connectivity index (χ0n) is 23.6. The zero-order chi connectivity index (χ0) is 29.0. The van der Waals surface area contributed by atoms with Crippen molar-refractivity contribution < 1.29 is 29.3 Å². The number of carboxylic acids is 1. The summed E-state index contributed by atoms with van der Waals surface area (Å²) < 4.78 is 5.54. The monoisotopic (exact) mass is 546 g/mol. The lowest BCUT2D eigenvalue weighted by Gasteiger charge is -2.30. The quantitative estimate of drug-likeness (QED) is 0.311. The Hall–Kier alpha value is -3.94. The Labute approximate surface area is 235 Å². The van der Waals surface area contributed by atoms with Gasteiger partial charge in [0.15, 0.2) is 5.78 Å². The van der Waals surface area contributed by atoms with Gasteiger partial charge >= 0.3 is 12.1 Å². The number of rotatable bonds is 10. The Bertz CT molecular complexity index is 1310. The SMILES string of the molecule is CC(C)CC(=NC(CCNC(=O)OCC1c2ccccc2-c2ccccc21)C(=O)O)C1=C(O)CC(C)(C)CC1=O. The fourth-order valence-electron chi connectivity index (χ4n) is 5.61. The van der Waals surface area contributed by atoms with Crippen molar-refractivity contribution in [3.8, 4) is 11.1 Å². The van der Waals surface area contributed by atoms with Crippen LogP contribution in [0.4, 0.5) is 4.79 Å². The van der Waals surface area contributed by atoms with E-state index in [0.29, 0.717) is 18.6 Å². The van der Waals surface area contributed by atoms with Gasteiger partial charge in [-0.05, 0) is 46.4 Å². The molecule has 3 N–H and O–H groups in total. The maximum Gasteiger partial charge on any atom is 0.407 e. The topological polar surface area (TPSA) is 125 Å². The summed E-state index contributed by atoms with van der Waals surface area (Å²) in [5, 5.41) is 23.2. The van der Waals surface area contributed by atoms with Crippen LogP contribution in [0.5, 0.6) is 0 Å². The molecule has 0 fully saturated rings. The molecule has 0 radical (unpaired) electrons. The first-order valence-electron chi connectivity index (χ1n) is 13.8. The van der Waals surface area contributed by atoms with Crippen molar-refractivity contribution in [2.24, 2.45) is 16.3 Å². The fourth-order valence-corrected chi connectivity index (χ4v) is 5.61. The number of carbonyl (C=O) groups excluding carboxylic acids is 2. The lowest BCUT2D eigenvalue weighted by molar-refractivity contribution is -0.138. The van der Waals surface area contributed by atoms with Crippen molar-refractivity contribution in [1.82, 2.24) is 5.32 Å². The van der Waals surface area contributed by atoms with E-state index in [0.717, 1.165) is 22.3 Å². The molecule has 0 saturated carbocycles. The summed E-state index contributed by atoms with van der Waals surface area (Å²) in [5.74, 6) is -1.42. The van der Waals surface area contributed by atoms with Gasteiger partial charge in [0, 0.05) is 25.3 Å². The molecule has 2 aliphatic rings. The predicted molar refractivity (Wildman–Crippen MR) is 154 cm³/mol. The lowest BCUT2D eigenvalue weighted by Crippen LogP contribution is -2.33. The maximum absolute atomic E-state index is 12.9. The molecule has 1 unspecified atom stereocenters. The number of aliphatic imine (C=N–C) groups is 1. The highest BCUT2D eigenvalue weighted by Crippen LogP contribution is 2.44. The highest BCUT2D eigenvalue weighted by molar-refractivity contribution is 6.23. The van der Waals surface area contributed by atoms with Gasteiger partial charge in [-0.15, -0.1) is 0 Å². The number of benzene rings is 2. The number of nitrogens with zero attached hydrogens (tertiary/aromatic N) is 1. The van der Waals surface area contributed by atoms with Crippen LogP contribution in [-0.2, 0) is 14.3 Å². The van der Waals surface area contributed by atoms with Crippen molar-refractivity contribution >= 4 is 23.6 Å². The number of nitrogens with one attached hydrogen (secondary N) is 1. The zero-order valence-corrected chi connectivity index (χ0v) is 23.6. The van der Waals surface area contributed by atoms with Gasteiger partial charge in [-0.25, -0.2) is 9.59 Å². The van der Waals surface area contributed by atoms with E-state index < -0.39 is 18.1 Å². The Morgan fingerprint density at radius 3 is 2.20 bits per heavy atom. The van der Waals surface area contributed by atoms with Gasteiger partial charge in [-0.1, -0.05) is 76.2 Å². The van der Waals surface area contributed by atoms with E-state index in [4.69, 9.17) is 4.74 Å². The summed E-state index contributed by atoms with van der Waals surface area (Å²) in [7, 11) is 0. The third-order valence-corrected chi connectivity index (χ3v) is 7.37. The van der Waals surface area contributed by atoms with Gasteiger partial charge < -0.3 is 20.3 Å². The van der Waals surface area contributed by atoms with Crippen LogP contribution in [0.2, 0.25) is 0 Å². The van der Waals surface area contributed by atoms with Crippen molar-refractivity contribution in [1.29, 1.82) is 0 Å². The first-order valence-corrected chi connectivity index (χ1v) is 13.8. The van der Waals surface area contributed by atoms with Gasteiger partial charge in [0.1, 0.15) is 18.4 Å². The van der Waals surface area contributed by atoms with E-state index in [1.807, 2.05) is 64.1 Å². The summed E-state index contributed by atoms with van der Waals surface area (Å²) in [6, 6.07) is 14.9. The Kier molecular flexibility index (Phi) is 8.76. The summed E-state index contributed by atoms with van der Waals surface area (Å²) >= 11 is 0. The van der Waals surface area contributed by atoms with Crippen LogP contribution in [0, 0.1) is 11.3 Å². The standard InChI is InChI=1S/C32H38N2O6/c1-19(2)15-26(29-27(35)16-32(3,4)17-28(29)36)34-25(30(37)38)13-14-33-31(39)40-18-24-22-11-7-5-9-20(22)21-10-6-8-12-23(21)24/h5-12,19,24-25,35H,13-18H2,1-4H3,(H,33,39)(H,37,38). The Morgan fingerprint density at radius 2 is 1.65 bits per heavy atom. The molecule has 2 aromatic carbocycles. The summed E-state index contributed by atoms with van der Waals surface area (Å²) in [6.07, 6.45) is 0.309. The van der Waals surface area contributed by atoms with Crippen molar-refractivity contribution in [3.05, 3.63) is 71.0 Å². The molecular formula is C32H38N2O6.